The largest absolute Gasteiger partial charge is 0.382 e. The maximum Gasteiger partial charge on any atom is 0.270 e. The first-order chi connectivity index (χ1) is 15.8. The van der Waals surface area contributed by atoms with E-state index in [9.17, 15) is 8.42 Å². The quantitative estimate of drug-likeness (QED) is 0.522. The zero-order chi connectivity index (χ0) is 23.6. The molecule has 2 aromatic rings. The Morgan fingerprint density at radius 3 is 2.61 bits per heavy atom. The Bertz CT molecular complexity index is 1090. The minimum atomic E-state index is -4.30. The summed E-state index contributed by atoms with van der Waals surface area (Å²) in [5.74, 6) is -0.728. The van der Waals surface area contributed by atoms with E-state index >= 15 is 4.39 Å². The molecule has 3 heterocycles. The lowest BCUT2D eigenvalue weighted by atomic mass is 9.94. The Hall–Kier alpha value is -1.94. The highest BCUT2D eigenvalue weighted by atomic mass is 35.5. The molecule has 0 aliphatic carbocycles. The molecule has 1 aromatic carbocycles. The van der Waals surface area contributed by atoms with Crippen molar-refractivity contribution in [2.24, 2.45) is 0 Å². The van der Waals surface area contributed by atoms with Gasteiger partial charge in [-0.05, 0) is 69.0 Å². The number of benzene rings is 1. The molecule has 2 fully saturated rings. The number of sulfonamides is 1. The number of halogens is 2. The summed E-state index contributed by atoms with van der Waals surface area (Å²) in [6.07, 6.45) is 6.87. The maximum atomic E-state index is 15.2. The summed E-state index contributed by atoms with van der Waals surface area (Å²) in [5, 5.41) is 3.43. The number of hydrogen-bond acceptors (Lipinski definition) is 6. The van der Waals surface area contributed by atoms with Crippen LogP contribution in [-0.2, 0) is 21.2 Å². The van der Waals surface area contributed by atoms with E-state index in [0.29, 0.717) is 12.2 Å². The summed E-state index contributed by atoms with van der Waals surface area (Å²) < 4.78 is 47.9. The van der Waals surface area contributed by atoms with Crippen molar-refractivity contribution in [3.05, 3.63) is 46.9 Å². The van der Waals surface area contributed by atoms with E-state index in [1.807, 2.05) is 6.92 Å². The number of anilines is 2. The molecule has 0 spiro atoms. The van der Waals surface area contributed by atoms with Gasteiger partial charge in [0.1, 0.15) is 23.3 Å². The Morgan fingerprint density at radius 1 is 1.27 bits per heavy atom. The molecule has 180 valence electrons. The number of ether oxygens (including phenoxy) is 1. The number of nitrogens with zero attached hydrogens (tertiary/aromatic N) is 3. The summed E-state index contributed by atoms with van der Waals surface area (Å²) in [7, 11) is -2.93. The highest BCUT2D eigenvalue weighted by molar-refractivity contribution is 7.92. The molecule has 0 atom stereocenters. The molecular formula is C23H30ClFN4O3S. The number of nitrogens with one attached hydrogen (secondary N) is 1. The van der Waals surface area contributed by atoms with Gasteiger partial charge < -0.3 is 10.1 Å². The standard InChI is InChI=1S/C23H30ClFN4O3S/c1-3-17-6-7-22(26-14-17)29(16-32-2)33(30,31)21-12-18(24)20(13-19(21)25)27-15-23-8-4-10-28(23)11-5-9-23/h6-7,12-14,27H,3-5,8-11,15-16H2,1-2H3. The van der Waals surface area contributed by atoms with Crippen LogP contribution in [0.2, 0.25) is 5.02 Å². The fraction of sp³-hybridized carbons (Fsp3) is 0.522. The van der Waals surface area contributed by atoms with E-state index in [1.54, 1.807) is 18.3 Å². The lowest BCUT2D eigenvalue weighted by Crippen LogP contribution is -2.44. The maximum absolute atomic E-state index is 15.2. The summed E-state index contributed by atoms with van der Waals surface area (Å²) in [6.45, 7) is 4.50. The molecule has 1 aromatic heterocycles. The molecule has 0 saturated carbocycles. The number of aryl methyl sites for hydroxylation is 1. The van der Waals surface area contributed by atoms with Crippen molar-refractivity contribution in [1.29, 1.82) is 0 Å². The predicted octanol–water partition coefficient (Wildman–Crippen LogP) is 4.28. The third-order valence-corrected chi connectivity index (χ3v) is 8.78. The van der Waals surface area contributed by atoms with Gasteiger partial charge in [-0.1, -0.05) is 24.6 Å². The first kappa shape index (κ1) is 24.2. The van der Waals surface area contributed by atoms with Crippen molar-refractivity contribution in [2.75, 3.05) is 43.1 Å². The number of aromatic nitrogens is 1. The third kappa shape index (κ3) is 4.69. The number of methoxy groups -OCH3 is 1. The smallest absolute Gasteiger partial charge is 0.270 e. The highest BCUT2D eigenvalue weighted by Crippen LogP contribution is 2.39. The van der Waals surface area contributed by atoms with Gasteiger partial charge in [0.2, 0.25) is 0 Å². The topological polar surface area (TPSA) is 74.8 Å². The summed E-state index contributed by atoms with van der Waals surface area (Å²) in [4.78, 5) is 6.20. The fourth-order valence-electron chi connectivity index (χ4n) is 4.90. The van der Waals surface area contributed by atoms with Crippen LogP contribution in [0.15, 0.2) is 35.4 Å². The van der Waals surface area contributed by atoms with Crippen molar-refractivity contribution < 1.29 is 17.5 Å². The minimum absolute atomic E-state index is 0.0795. The summed E-state index contributed by atoms with van der Waals surface area (Å²) >= 11 is 6.43. The average molecular weight is 497 g/mol. The van der Waals surface area contributed by atoms with Gasteiger partial charge in [-0.25, -0.2) is 22.1 Å². The van der Waals surface area contributed by atoms with Crippen molar-refractivity contribution in [3.8, 4) is 0 Å². The molecular weight excluding hydrogens is 467 g/mol. The van der Waals surface area contributed by atoms with Gasteiger partial charge >= 0.3 is 0 Å². The third-order valence-electron chi connectivity index (χ3n) is 6.73. The van der Waals surface area contributed by atoms with E-state index in [4.69, 9.17) is 16.3 Å². The lowest BCUT2D eigenvalue weighted by molar-refractivity contribution is 0.209. The summed E-state index contributed by atoms with van der Waals surface area (Å²) in [6, 6.07) is 5.69. The second-order valence-corrected chi connectivity index (χ2v) is 10.9. The van der Waals surface area contributed by atoms with Gasteiger partial charge in [-0.2, -0.15) is 0 Å². The van der Waals surface area contributed by atoms with E-state index in [-0.39, 0.29) is 23.1 Å². The molecule has 0 radical (unpaired) electrons. The minimum Gasteiger partial charge on any atom is -0.382 e. The van der Waals surface area contributed by atoms with Crippen LogP contribution in [0, 0.1) is 5.82 Å². The van der Waals surface area contributed by atoms with E-state index < -0.39 is 20.7 Å². The molecule has 2 aliphatic heterocycles. The molecule has 2 saturated heterocycles. The van der Waals surface area contributed by atoms with Crippen LogP contribution in [-0.4, -0.2) is 57.3 Å². The normalized spacial score (nSPS) is 17.8. The van der Waals surface area contributed by atoms with Gasteiger partial charge in [-0.3, -0.25) is 4.90 Å². The second kappa shape index (κ2) is 9.74. The van der Waals surface area contributed by atoms with Gasteiger partial charge in [-0.15, -0.1) is 0 Å². The van der Waals surface area contributed by atoms with Gasteiger partial charge in [0.15, 0.2) is 0 Å². The van der Waals surface area contributed by atoms with Crippen LogP contribution < -0.4 is 9.62 Å². The SMILES string of the molecule is CCc1ccc(N(COC)S(=O)(=O)c2cc(Cl)c(NCC34CCCN3CCC4)cc2F)nc1. The number of fused-ring (bicyclic) bond motifs is 1. The van der Waals surface area contributed by atoms with Crippen LogP contribution in [0.5, 0.6) is 0 Å². The fourth-order valence-corrected chi connectivity index (χ4v) is 6.61. The molecule has 0 unspecified atom stereocenters. The average Bonchev–Trinajstić information content (AvgIpc) is 3.38. The number of rotatable bonds is 9. The van der Waals surface area contributed by atoms with E-state index in [1.165, 1.54) is 13.2 Å². The molecule has 0 bridgehead atoms. The summed E-state index contributed by atoms with van der Waals surface area (Å²) in [5.41, 5.74) is 1.43. The Labute approximate surface area is 199 Å². The second-order valence-electron chi connectivity index (χ2n) is 8.68. The Balaban J connectivity index is 1.59. The zero-order valence-corrected chi connectivity index (χ0v) is 20.6. The van der Waals surface area contributed by atoms with Crippen molar-refractivity contribution in [1.82, 2.24) is 9.88 Å². The molecule has 10 heteroatoms. The Kier molecular flexibility index (Phi) is 7.14. The molecule has 7 nitrogen and oxygen atoms in total. The van der Waals surface area contributed by atoms with Gasteiger partial charge in [0.05, 0.1) is 10.7 Å². The molecule has 2 aliphatic rings. The van der Waals surface area contributed by atoms with Gasteiger partial charge in [0.25, 0.3) is 10.0 Å². The van der Waals surface area contributed by atoms with Crippen molar-refractivity contribution >= 4 is 33.1 Å². The highest BCUT2D eigenvalue weighted by Gasteiger charge is 2.44. The zero-order valence-electron chi connectivity index (χ0n) is 19.0. The number of pyridine rings is 1. The first-order valence-electron chi connectivity index (χ1n) is 11.3. The predicted molar refractivity (Wildman–Crippen MR) is 128 cm³/mol. The number of hydrogen-bond donors (Lipinski definition) is 1. The molecule has 4 rings (SSSR count). The van der Waals surface area contributed by atoms with Crippen LogP contribution in [0.25, 0.3) is 0 Å². The Morgan fingerprint density at radius 2 is 2.00 bits per heavy atom. The first-order valence-corrected chi connectivity index (χ1v) is 13.1. The van der Waals surface area contributed by atoms with Crippen LogP contribution in [0.4, 0.5) is 15.9 Å². The molecule has 0 amide bonds. The van der Waals surface area contributed by atoms with Crippen LogP contribution in [0.3, 0.4) is 0 Å². The van der Waals surface area contributed by atoms with Crippen molar-refractivity contribution in [2.45, 2.75) is 49.5 Å². The van der Waals surface area contributed by atoms with Crippen LogP contribution >= 0.6 is 11.6 Å². The van der Waals surface area contributed by atoms with Crippen molar-refractivity contribution in [3.63, 3.8) is 0 Å². The monoisotopic (exact) mass is 496 g/mol. The van der Waals surface area contributed by atoms with E-state index in [0.717, 1.165) is 61.1 Å². The lowest BCUT2D eigenvalue weighted by Gasteiger charge is -2.32. The van der Waals surface area contributed by atoms with E-state index in [2.05, 4.69) is 15.2 Å². The van der Waals surface area contributed by atoms with Gasteiger partial charge in [0, 0.05) is 25.4 Å². The molecule has 1 N–H and O–H groups in total. The molecule has 33 heavy (non-hydrogen) atoms. The van der Waals surface area contributed by atoms with Crippen LogP contribution in [0.1, 0.15) is 38.2 Å².